The van der Waals surface area contributed by atoms with Crippen molar-refractivity contribution in [3.05, 3.63) is 29.8 Å². The van der Waals surface area contributed by atoms with Gasteiger partial charge in [0, 0.05) is 13.7 Å². The van der Waals surface area contributed by atoms with Crippen molar-refractivity contribution in [1.82, 2.24) is 5.32 Å². The second kappa shape index (κ2) is 9.72. The highest BCUT2D eigenvalue weighted by Crippen LogP contribution is 2.12. The van der Waals surface area contributed by atoms with Crippen LogP contribution in [0.5, 0.6) is 5.75 Å². The lowest BCUT2D eigenvalue weighted by molar-refractivity contribution is -0.0423. The molecule has 1 aromatic carbocycles. The maximum Gasteiger partial charge on any atom is 0.119 e. The van der Waals surface area contributed by atoms with E-state index in [1.807, 2.05) is 38.2 Å². The predicted molar refractivity (Wildman–Crippen MR) is 78.0 cm³/mol. The lowest BCUT2D eigenvalue weighted by Gasteiger charge is -2.16. The van der Waals surface area contributed by atoms with E-state index in [-0.39, 0.29) is 19.3 Å². The summed E-state index contributed by atoms with van der Waals surface area (Å²) in [5.74, 6) is 0.744. The number of methoxy groups -OCH3 is 1. The van der Waals surface area contributed by atoms with Gasteiger partial charge in [-0.25, -0.2) is 0 Å². The van der Waals surface area contributed by atoms with E-state index < -0.39 is 6.10 Å². The van der Waals surface area contributed by atoms with Gasteiger partial charge in [0.1, 0.15) is 18.5 Å². The summed E-state index contributed by atoms with van der Waals surface area (Å²) < 4.78 is 15.9. The van der Waals surface area contributed by atoms with Gasteiger partial charge in [-0.3, -0.25) is 0 Å². The molecule has 2 unspecified atom stereocenters. The number of hydrogen-bond acceptors (Lipinski definition) is 5. The monoisotopic (exact) mass is 283 g/mol. The summed E-state index contributed by atoms with van der Waals surface area (Å²) in [5.41, 5.74) is 1.19. The molecule has 5 nitrogen and oxygen atoms in total. The zero-order valence-electron chi connectivity index (χ0n) is 12.5. The fourth-order valence-electron chi connectivity index (χ4n) is 1.71. The summed E-state index contributed by atoms with van der Waals surface area (Å²) in [5, 5.41) is 12.8. The summed E-state index contributed by atoms with van der Waals surface area (Å²) in [6, 6.07) is 7.78. The third-order valence-electron chi connectivity index (χ3n) is 2.72. The van der Waals surface area contributed by atoms with E-state index in [2.05, 4.69) is 5.32 Å². The van der Waals surface area contributed by atoms with Crippen LogP contribution in [-0.2, 0) is 16.0 Å². The maximum absolute atomic E-state index is 9.77. The van der Waals surface area contributed by atoms with Crippen molar-refractivity contribution in [3.8, 4) is 5.75 Å². The van der Waals surface area contributed by atoms with Crippen LogP contribution in [0.3, 0.4) is 0 Å². The number of benzene rings is 1. The average Bonchev–Trinajstić information content (AvgIpc) is 2.45. The Morgan fingerprint density at radius 2 is 1.85 bits per heavy atom. The number of aliphatic hydroxyl groups excluding tert-OH is 1. The minimum absolute atomic E-state index is 0.0320. The number of nitrogens with one attached hydrogen (secondary N) is 1. The van der Waals surface area contributed by atoms with Gasteiger partial charge in [-0.05, 0) is 31.7 Å². The first-order chi connectivity index (χ1) is 9.65. The van der Waals surface area contributed by atoms with Gasteiger partial charge < -0.3 is 24.6 Å². The van der Waals surface area contributed by atoms with Crippen LogP contribution in [0.1, 0.15) is 12.5 Å². The molecule has 0 aliphatic heterocycles. The van der Waals surface area contributed by atoms with Crippen LogP contribution in [0, 0.1) is 0 Å². The summed E-state index contributed by atoms with van der Waals surface area (Å²) >= 11 is 0. The summed E-state index contributed by atoms with van der Waals surface area (Å²) in [6.07, 6.45) is -0.679. The summed E-state index contributed by atoms with van der Waals surface area (Å²) in [7, 11) is 3.53. The van der Waals surface area contributed by atoms with Gasteiger partial charge in [-0.1, -0.05) is 12.1 Å². The van der Waals surface area contributed by atoms with Crippen molar-refractivity contribution in [2.75, 3.05) is 34.0 Å². The molecule has 1 rings (SSSR count). The predicted octanol–water partition coefficient (Wildman–Crippen LogP) is 1.20. The third-order valence-corrected chi connectivity index (χ3v) is 2.72. The van der Waals surface area contributed by atoms with E-state index in [1.165, 1.54) is 5.56 Å². The molecular formula is C15H25NO4. The quantitative estimate of drug-likeness (QED) is 0.675. The van der Waals surface area contributed by atoms with Crippen molar-refractivity contribution < 1.29 is 19.3 Å². The Kier molecular flexibility index (Phi) is 8.22. The Morgan fingerprint density at radius 3 is 2.45 bits per heavy atom. The first-order valence-corrected chi connectivity index (χ1v) is 6.80. The van der Waals surface area contributed by atoms with Crippen molar-refractivity contribution in [3.63, 3.8) is 0 Å². The zero-order chi connectivity index (χ0) is 14.8. The molecule has 0 saturated heterocycles. The molecular weight excluding hydrogens is 258 g/mol. The van der Waals surface area contributed by atoms with Gasteiger partial charge in [-0.2, -0.15) is 0 Å². The fraction of sp³-hybridized carbons (Fsp3) is 0.600. The second-order valence-electron chi connectivity index (χ2n) is 4.74. The maximum atomic E-state index is 9.77. The van der Waals surface area contributed by atoms with Gasteiger partial charge in [0.05, 0.1) is 19.3 Å². The van der Waals surface area contributed by atoms with Gasteiger partial charge in [-0.15, -0.1) is 0 Å². The molecule has 0 aliphatic carbocycles. The molecule has 0 radical (unpaired) electrons. The number of hydrogen-bond donors (Lipinski definition) is 2. The van der Waals surface area contributed by atoms with E-state index in [1.54, 1.807) is 7.11 Å². The lowest BCUT2D eigenvalue weighted by atomic mass is 10.2. The minimum atomic E-state index is -0.647. The molecule has 0 saturated carbocycles. The molecule has 0 heterocycles. The fourth-order valence-corrected chi connectivity index (χ4v) is 1.71. The molecule has 2 atom stereocenters. The highest BCUT2D eigenvalue weighted by atomic mass is 16.5. The molecule has 0 aromatic heterocycles. The molecule has 0 amide bonds. The first kappa shape index (κ1) is 16.9. The van der Waals surface area contributed by atoms with E-state index in [0.29, 0.717) is 6.61 Å². The molecule has 5 heteroatoms. The van der Waals surface area contributed by atoms with Crippen molar-refractivity contribution >= 4 is 0 Å². The van der Waals surface area contributed by atoms with Crippen LogP contribution in [0.2, 0.25) is 0 Å². The Balaban J connectivity index is 2.24. The van der Waals surface area contributed by atoms with Crippen molar-refractivity contribution in [1.29, 1.82) is 0 Å². The topological polar surface area (TPSA) is 60.0 Å². The van der Waals surface area contributed by atoms with Crippen molar-refractivity contribution in [2.24, 2.45) is 0 Å². The van der Waals surface area contributed by atoms with Crippen LogP contribution in [0.25, 0.3) is 0 Å². The van der Waals surface area contributed by atoms with E-state index in [0.717, 1.165) is 12.3 Å². The average molecular weight is 283 g/mol. The highest BCUT2D eigenvalue weighted by Gasteiger charge is 2.09. The van der Waals surface area contributed by atoms with Crippen LogP contribution in [0.4, 0.5) is 0 Å². The van der Waals surface area contributed by atoms with Crippen LogP contribution < -0.4 is 10.1 Å². The second-order valence-corrected chi connectivity index (χ2v) is 4.74. The molecule has 0 bridgehead atoms. The zero-order valence-corrected chi connectivity index (χ0v) is 12.5. The standard InChI is InChI=1S/C15H25NO4/c1-12(9-18-3)19-10-14(17)11-20-15-6-4-13(5-7-15)8-16-2/h4-7,12,14,16-17H,8-11H2,1-3H3. The Bertz CT molecular complexity index is 355. The summed E-state index contributed by atoms with van der Waals surface area (Å²) in [4.78, 5) is 0. The number of aliphatic hydroxyl groups is 1. The summed E-state index contributed by atoms with van der Waals surface area (Å²) in [6.45, 7) is 3.69. The third kappa shape index (κ3) is 6.86. The SMILES string of the molecule is CNCc1ccc(OCC(O)COC(C)COC)cc1. The van der Waals surface area contributed by atoms with Gasteiger partial charge >= 0.3 is 0 Å². The van der Waals surface area contributed by atoms with E-state index in [9.17, 15) is 5.11 Å². The largest absolute Gasteiger partial charge is 0.491 e. The smallest absolute Gasteiger partial charge is 0.119 e. The van der Waals surface area contributed by atoms with E-state index in [4.69, 9.17) is 14.2 Å². The highest BCUT2D eigenvalue weighted by molar-refractivity contribution is 5.27. The minimum Gasteiger partial charge on any atom is -0.491 e. The molecule has 0 aliphatic rings. The van der Waals surface area contributed by atoms with Crippen LogP contribution >= 0.6 is 0 Å². The van der Waals surface area contributed by atoms with Gasteiger partial charge in [0.25, 0.3) is 0 Å². The van der Waals surface area contributed by atoms with Gasteiger partial charge in [0.15, 0.2) is 0 Å². The Hall–Kier alpha value is -1.14. The number of rotatable bonds is 10. The molecule has 2 N–H and O–H groups in total. The Labute approximate surface area is 120 Å². The van der Waals surface area contributed by atoms with Crippen molar-refractivity contribution in [2.45, 2.75) is 25.7 Å². The van der Waals surface area contributed by atoms with Gasteiger partial charge in [0.2, 0.25) is 0 Å². The molecule has 20 heavy (non-hydrogen) atoms. The lowest BCUT2D eigenvalue weighted by Crippen LogP contribution is -2.27. The molecule has 1 aromatic rings. The first-order valence-electron chi connectivity index (χ1n) is 6.80. The molecule has 0 fully saturated rings. The van der Waals surface area contributed by atoms with Crippen LogP contribution in [-0.4, -0.2) is 51.3 Å². The Morgan fingerprint density at radius 1 is 1.15 bits per heavy atom. The molecule has 0 spiro atoms. The van der Waals surface area contributed by atoms with Crippen LogP contribution in [0.15, 0.2) is 24.3 Å². The molecule has 114 valence electrons. The number of ether oxygens (including phenoxy) is 3. The normalized spacial score (nSPS) is 14.0. The van der Waals surface area contributed by atoms with E-state index >= 15 is 0 Å².